The predicted octanol–water partition coefficient (Wildman–Crippen LogP) is 7.33. The fourth-order valence-electron chi connectivity index (χ4n) is 4.67. The number of nitrogens with zero attached hydrogens (tertiary/aromatic N) is 3. The molecule has 0 bridgehead atoms. The number of alkyl halides is 3. The van der Waals surface area contributed by atoms with Crippen LogP contribution in [0.1, 0.15) is 32.9 Å². The van der Waals surface area contributed by atoms with Crippen molar-refractivity contribution in [2.75, 3.05) is 13.7 Å². The van der Waals surface area contributed by atoms with Crippen LogP contribution < -0.4 is 4.74 Å². The third-order valence-corrected chi connectivity index (χ3v) is 6.97. The molecule has 240 valence electrons. The van der Waals surface area contributed by atoms with E-state index in [2.05, 4.69) is 9.97 Å². The van der Waals surface area contributed by atoms with Crippen LogP contribution in [0.15, 0.2) is 54.6 Å². The molecule has 7 nitrogen and oxygen atoms in total. The smallest absolute Gasteiger partial charge is 0.416 e. The first-order valence-electron chi connectivity index (χ1n) is 13.3. The number of aromatic carboxylic acids is 1. The molecule has 5 rings (SSSR count). The number of fused-ring (bicyclic) bond motifs is 1. The van der Waals surface area contributed by atoms with Gasteiger partial charge in [-0.25, -0.2) is 36.7 Å². The van der Waals surface area contributed by atoms with Crippen LogP contribution >= 0.6 is 0 Å². The van der Waals surface area contributed by atoms with Crippen molar-refractivity contribution in [2.45, 2.75) is 25.7 Å². The maximum absolute atomic E-state index is 15.4. The molecule has 5 aromatic rings. The van der Waals surface area contributed by atoms with Crippen LogP contribution in [0.2, 0.25) is 0 Å². The van der Waals surface area contributed by atoms with Gasteiger partial charge in [-0.15, -0.1) is 0 Å². The molecule has 3 aromatic carbocycles. The van der Waals surface area contributed by atoms with E-state index in [9.17, 15) is 36.2 Å². The van der Waals surface area contributed by atoms with Gasteiger partial charge in [0.15, 0.2) is 11.6 Å². The first kappa shape index (κ1) is 32.3. The van der Waals surface area contributed by atoms with Gasteiger partial charge in [0.25, 0.3) is 5.88 Å². The zero-order valence-electron chi connectivity index (χ0n) is 23.6. The first-order chi connectivity index (χ1) is 21.8. The lowest BCUT2D eigenvalue weighted by molar-refractivity contribution is -0.137. The molecule has 0 amide bonds. The lowest BCUT2D eigenvalue weighted by atomic mass is 10.0. The van der Waals surface area contributed by atoms with E-state index in [1.807, 2.05) is 0 Å². The second-order valence-electron chi connectivity index (χ2n) is 9.98. The van der Waals surface area contributed by atoms with Crippen molar-refractivity contribution >= 4 is 17.0 Å². The number of methoxy groups -OCH3 is 1. The fraction of sp³-hybridized carbons (Fsp3) is 0.194. The molecule has 0 radical (unpaired) electrons. The van der Waals surface area contributed by atoms with Crippen molar-refractivity contribution < 1.29 is 54.5 Å². The van der Waals surface area contributed by atoms with Gasteiger partial charge >= 0.3 is 12.1 Å². The molecule has 2 heterocycles. The monoisotopic (exact) mass is 651 g/mol. The minimum atomic E-state index is -4.78. The average molecular weight is 652 g/mol. The Bertz CT molecular complexity index is 1960. The highest BCUT2D eigenvalue weighted by molar-refractivity contribution is 5.92. The molecule has 0 aliphatic heterocycles. The highest BCUT2D eigenvalue weighted by Gasteiger charge is 2.31. The van der Waals surface area contributed by atoms with Crippen LogP contribution in [0.25, 0.3) is 22.3 Å². The van der Waals surface area contributed by atoms with E-state index in [-0.39, 0.29) is 64.9 Å². The van der Waals surface area contributed by atoms with E-state index >= 15 is 8.78 Å². The molecule has 0 unspecified atom stereocenters. The SMILES string of the molecule is COCCn1c(Cc2cc(F)c(-c3ccc(F)c(OCc4ccc(C(F)(F)F)cc4F)n3)cc2F)nc2c(F)cc(C(=O)O)cc21. The van der Waals surface area contributed by atoms with Gasteiger partial charge in [0.1, 0.15) is 35.4 Å². The highest BCUT2D eigenvalue weighted by Crippen LogP contribution is 2.32. The molecule has 1 N–H and O–H groups in total. The van der Waals surface area contributed by atoms with Gasteiger partial charge in [-0.2, -0.15) is 13.2 Å². The van der Waals surface area contributed by atoms with E-state index in [0.717, 1.165) is 36.4 Å². The summed E-state index contributed by atoms with van der Waals surface area (Å²) >= 11 is 0. The topological polar surface area (TPSA) is 86.5 Å². The number of benzene rings is 3. The van der Waals surface area contributed by atoms with E-state index in [1.165, 1.54) is 17.7 Å². The Labute approximate surface area is 254 Å². The lowest BCUT2D eigenvalue weighted by Crippen LogP contribution is -2.10. The number of hydrogen-bond acceptors (Lipinski definition) is 5. The zero-order chi connectivity index (χ0) is 33.3. The maximum Gasteiger partial charge on any atom is 0.416 e. The Hall–Kier alpha value is -5.05. The van der Waals surface area contributed by atoms with Gasteiger partial charge in [0.2, 0.25) is 0 Å². The number of imidazole rings is 1. The van der Waals surface area contributed by atoms with Crippen LogP contribution in [0, 0.1) is 29.1 Å². The summed E-state index contributed by atoms with van der Waals surface area (Å²) in [5.41, 5.74) is -2.85. The summed E-state index contributed by atoms with van der Waals surface area (Å²) in [5.74, 6) is -7.18. The molecule has 0 aliphatic carbocycles. The minimum Gasteiger partial charge on any atom is -0.478 e. The molecule has 0 aliphatic rings. The van der Waals surface area contributed by atoms with Gasteiger partial charge in [-0.1, -0.05) is 6.07 Å². The number of pyridine rings is 1. The molecule has 0 spiro atoms. The van der Waals surface area contributed by atoms with E-state index in [1.54, 1.807) is 0 Å². The summed E-state index contributed by atoms with van der Waals surface area (Å²) in [5, 5.41) is 9.33. The summed E-state index contributed by atoms with van der Waals surface area (Å²) in [6.45, 7) is -0.517. The molecule has 46 heavy (non-hydrogen) atoms. The number of hydrogen-bond donors (Lipinski definition) is 1. The quantitative estimate of drug-likeness (QED) is 0.159. The summed E-state index contributed by atoms with van der Waals surface area (Å²) in [7, 11) is 1.41. The van der Waals surface area contributed by atoms with Gasteiger partial charge < -0.3 is 19.1 Å². The van der Waals surface area contributed by atoms with Crippen LogP contribution in [-0.2, 0) is 30.5 Å². The Morgan fingerprint density at radius 3 is 2.26 bits per heavy atom. The largest absolute Gasteiger partial charge is 0.478 e. The molecule has 0 fully saturated rings. The molecule has 15 heteroatoms. The average Bonchev–Trinajstić information content (AvgIpc) is 3.34. The summed E-state index contributed by atoms with van der Waals surface area (Å²) in [4.78, 5) is 19.5. The van der Waals surface area contributed by atoms with Crippen LogP contribution in [-0.4, -0.2) is 39.3 Å². The number of ether oxygens (including phenoxy) is 2. The molecule has 0 saturated carbocycles. The Balaban J connectivity index is 1.43. The van der Waals surface area contributed by atoms with Gasteiger partial charge in [-0.05, 0) is 54.1 Å². The normalized spacial score (nSPS) is 11.8. The van der Waals surface area contributed by atoms with Gasteiger partial charge in [0, 0.05) is 31.2 Å². The van der Waals surface area contributed by atoms with Gasteiger partial charge in [0.05, 0.1) is 28.9 Å². The van der Waals surface area contributed by atoms with Crippen molar-refractivity contribution in [3.05, 3.63) is 112 Å². The van der Waals surface area contributed by atoms with Gasteiger partial charge in [-0.3, -0.25) is 0 Å². The molecular formula is C31H21F8N3O4. The fourth-order valence-corrected chi connectivity index (χ4v) is 4.67. The standard InChI is InChI=1S/C31H21F8N3O4/c1-45-7-6-42-26-10-17(30(43)44)9-24(36)28(26)41-27(42)11-16-8-23(35)19(13-22(16)34)25-5-4-20(32)29(40-25)46-14-15-2-3-18(12-21(15)33)31(37,38)39/h2-5,8-10,12-13H,6-7,11,14H2,1H3,(H,43,44). The lowest BCUT2D eigenvalue weighted by Gasteiger charge is -2.13. The second kappa shape index (κ2) is 12.7. The Kier molecular flexibility index (Phi) is 8.96. The summed E-state index contributed by atoms with van der Waals surface area (Å²) in [6, 6.07) is 7.20. The highest BCUT2D eigenvalue weighted by atomic mass is 19.4. The van der Waals surface area contributed by atoms with Crippen LogP contribution in [0.4, 0.5) is 35.1 Å². The molecule has 0 saturated heterocycles. The summed E-state index contributed by atoms with van der Waals surface area (Å²) in [6.07, 6.45) is -5.12. The number of carbonyl (C=O) groups is 1. The molecular weight excluding hydrogens is 630 g/mol. The first-order valence-corrected chi connectivity index (χ1v) is 13.3. The van der Waals surface area contributed by atoms with Crippen molar-refractivity contribution in [3.63, 3.8) is 0 Å². The van der Waals surface area contributed by atoms with Crippen LogP contribution in [0.5, 0.6) is 5.88 Å². The summed E-state index contributed by atoms with van der Waals surface area (Å²) < 4.78 is 124. The maximum atomic E-state index is 15.4. The third-order valence-electron chi connectivity index (χ3n) is 6.97. The second-order valence-corrected chi connectivity index (χ2v) is 9.98. The van der Waals surface area contributed by atoms with E-state index in [0.29, 0.717) is 6.07 Å². The van der Waals surface area contributed by atoms with E-state index < -0.39 is 64.8 Å². The molecule has 2 aromatic heterocycles. The zero-order valence-corrected chi connectivity index (χ0v) is 23.6. The molecule has 0 atom stereocenters. The van der Waals surface area contributed by atoms with Crippen molar-refractivity contribution in [2.24, 2.45) is 0 Å². The number of carboxylic acids is 1. The number of carboxylic acid groups (broad SMARTS) is 1. The number of aromatic nitrogens is 3. The van der Waals surface area contributed by atoms with Crippen molar-refractivity contribution in [1.29, 1.82) is 0 Å². The van der Waals surface area contributed by atoms with Crippen LogP contribution in [0.3, 0.4) is 0 Å². The third kappa shape index (κ3) is 6.63. The van der Waals surface area contributed by atoms with E-state index in [4.69, 9.17) is 9.47 Å². The number of rotatable bonds is 10. The predicted molar refractivity (Wildman–Crippen MR) is 147 cm³/mol. The number of halogens is 8. The Morgan fingerprint density at radius 1 is 0.848 bits per heavy atom. The minimum absolute atomic E-state index is 0.0885. The Morgan fingerprint density at radius 2 is 1.59 bits per heavy atom. The van der Waals surface area contributed by atoms with Crippen molar-refractivity contribution in [3.8, 4) is 17.1 Å². The van der Waals surface area contributed by atoms with Crippen molar-refractivity contribution in [1.82, 2.24) is 14.5 Å².